The molecule has 4 aliphatic rings. The highest BCUT2D eigenvalue weighted by molar-refractivity contribution is 8.00. The van der Waals surface area contributed by atoms with Crippen LogP contribution in [0.5, 0.6) is 0 Å². The van der Waals surface area contributed by atoms with E-state index in [0.29, 0.717) is 31.1 Å². The summed E-state index contributed by atoms with van der Waals surface area (Å²) in [6.07, 6.45) is 11.3. The molecule has 0 bridgehead atoms. The lowest BCUT2D eigenvalue weighted by atomic mass is 9.80. The van der Waals surface area contributed by atoms with Gasteiger partial charge in [-0.05, 0) is 64.0 Å². The second kappa shape index (κ2) is 14.5. The number of fused-ring (bicyclic) bond motifs is 1. The molecule has 4 rings (SSSR count). The quantitative estimate of drug-likeness (QED) is 0.0833. The number of hydrogen-bond donors (Lipinski definition) is 7. The number of nitrogens with one attached hydrogen (secondary N) is 5. The van der Waals surface area contributed by atoms with Crippen LogP contribution in [0.4, 0.5) is 0 Å². The predicted molar refractivity (Wildman–Crippen MR) is 154 cm³/mol. The van der Waals surface area contributed by atoms with E-state index < -0.39 is 18.2 Å². The average molecular weight is 565 g/mol. The molecule has 220 valence electrons. The summed E-state index contributed by atoms with van der Waals surface area (Å²) < 4.78 is 0. The van der Waals surface area contributed by atoms with E-state index in [1.54, 1.807) is 11.8 Å². The summed E-state index contributed by atoms with van der Waals surface area (Å²) in [7, 11) is 0. The lowest BCUT2D eigenvalue weighted by Gasteiger charge is -2.39. The molecule has 0 spiro atoms. The van der Waals surface area contributed by atoms with E-state index in [-0.39, 0.29) is 40.9 Å². The number of amides is 3. The van der Waals surface area contributed by atoms with Gasteiger partial charge in [-0.25, -0.2) is 0 Å². The highest BCUT2D eigenvalue weighted by Gasteiger charge is 2.47. The molecular weight excluding hydrogens is 516 g/mol. The number of hydrogen-bond acceptors (Lipinski definition) is 7. The molecule has 1 aliphatic carbocycles. The Bertz CT molecular complexity index is 864. The Hall–Kier alpha value is -2.05. The third-order valence-corrected chi connectivity index (χ3v) is 10.3. The topological polar surface area (TPSA) is 178 Å². The molecule has 4 fully saturated rings. The maximum Gasteiger partial charge on any atom is 0.245 e. The van der Waals surface area contributed by atoms with Crippen molar-refractivity contribution in [2.45, 2.75) is 101 Å². The number of carbonyl (C=O) groups is 3. The van der Waals surface area contributed by atoms with Gasteiger partial charge >= 0.3 is 0 Å². The van der Waals surface area contributed by atoms with Gasteiger partial charge in [0.15, 0.2) is 5.96 Å². The first-order valence-corrected chi connectivity index (χ1v) is 16.0. The van der Waals surface area contributed by atoms with E-state index in [4.69, 9.17) is 16.9 Å². The Morgan fingerprint density at radius 1 is 1.08 bits per heavy atom. The largest absolute Gasteiger partial charge is 0.370 e. The Kier molecular flexibility index (Phi) is 11.2. The fourth-order valence-corrected chi connectivity index (χ4v) is 8.07. The zero-order chi connectivity index (χ0) is 27.8. The molecule has 0 aromatic rings. The fraction of sp³-hybridized carbons (Fsp3) is 0.852. The Morgan fingerprint density at radius 2 is 1.82 bits per heavy atom. The van der Waals surface area contributed by atoms with E-state index in [1.807, 2.05) is 4.90 Å². The van der Waals surface area contributed by atoms with Gasteiger partial charge in [0, 0.05) is 24.1 Å². The standard InChI is InChI=1S/C27H48N8O3S/c28-20(7-4-12-32-27(29)30)24(36)33-23(18-10-13-31-14-11-18)34-25(37)21-16-39-22-9-8-19(26(38)35(21)22)15-17-5-2-1-3-6-17/h17-23,31H,1-16,28H2,(H,33,36)(H,34,37)(H4,29,30,32)/t19-,20-,21-,22?,23?/m0/s1. The highest BCUT2D eigenvalue weighted by Crippen LogP contribution is 2.41. The number of guanidine groups is 1. The van der Waals surface area contributed by atoms with Crippen molar-refractivity contribution in [1.82, 2.24) is 26.2 Å². The van der Waals surface area contributed by atoms with Gasteiger partial charge in [0.2, 0.25) is 17.7 Å². The second-order valence-corrected chi connectivity index (χ2v) is 12.9. The molecule has 3 saturated heterocycles. The molecule has 3 aliphatic heterocycles. The lowest BCUT2D eigenvalue weighted by Crippen LogP contribution is -2.61. The first kappa shape index (κ1) is 29.9. The van der Waals surface area contributed by atoms with Crippen LogP contribution in [0.15, 0.2) is 0 Å². The molecule has 39 heavy (non-hydrogen) atoms. The summed E-state index contributed by atoms with van der Waals surface area (Å²) in [5, 5.41) is 19.5. The van der Waals surface area contributed by atoms with Gasteiger partial charge in [0.05, 0.1) is 11.4 Å². The van der Waals surface area contributed by atoms with Crippen LogP contribution in [0.3, 0.4) is 0 Å². The van der Waals surface area contributed by atoms with Gasteiger partial charge in [-0.15, -0.1) is 11.8 Å². The molecule has 2 unspecified atom stereocenters. The molecule has 0 aromatic carbocycles. The molecule has 1 saturated carbocycles. The first-order valence-electron chi connectivity index (χ1n) is 14.9. The van der Waals surface area contributed by atoms with Crippen LogP contribution in [0.25, 0.3) is 0 Å². The molecule has 0 aromatic heterocycles. The normalized spacial score (nSPS) is 27.9. The van der Waals surface area contributed by atoms with E-state index in [0.717, 1.165) is 45.2 Å². The van der Waals surface area contributed by atoms with E-state index in [2.05, 4.69) is 21.3 Å². The number of piperidine rings is 2. The highest BCUT2D eigenvalue weighted by atomic mass is 32.2. The maximum absolute atomic E-state index is 13.7. The van der Waals surface area contributed by atoms with Gasteiger partial charge < -0.3 is 37.6 Å². The summed E-state index contributed by atoms with van der Waals surface area (Å²) in [5.74, 6) is 0.886. The third kappa shape index (κ3) is 8.23. The summed E-state index contributed by atoms with van der Waals surface area (Å²) in [6.45, 7) is 2.12. The average Bonchev–Trinajstić information content (AvgIpc) is 3.38. The molecule has 0 radical (unpaired) electrons. The van der Waals surface area contributed by atoms with E-state index >= 15 is 0 Å². The molecule has 9 N–H and O–H groups in total. The Balaban J connectivity index is 1.36. The monoisotopic (exact) mass is 564 g/mol. The zero-order valence-corrected chi connectivity index (χ0v) is 23.9. The molecule has 11 nitrogen and oxygen atoms in total. The van der Waals surface area contributed by atoms with Crippen molar-refractivity contribution in [3.8, 4) is 0 Å². The van der Waals surface area contributed by atoms with Gasteiger partial charge in [-0.2, -0.15) is 0 Å². The molecule has 3 heterocycles. The van der Waals surface area contributed by atoms with Gasteiger partial charge in [0.25, 0.3) is 0 Å². The zero-order valence-electron chi connectivity index (χ0n) is 23.1. The summed E-state index contributed by atoms with van der Waals surface area (Å²) >= 11 is 1.71. The number of thioether (sulfide) groups is 1. The molecule has 5 atom stereocenters. The van der Waals surface area contributed by atoms with Crippen molar-refractivity contribution in [2.24, 2.45) is 29.2 Å². The SMILES string of the molecule is N=C(N)NCCC[C@H](N)C(=O)NC(NC(=O)[C@@H]1CSC2CC[C@@H](CC3CCCCC3)C(=O)N21)C1CCNCC1. The van der Waals surface area contributed by atoms with E-state index in [1.165, 1.54) is 32.1 Å². The predicted octanol–water partition coefficient (Wildman–Crippen LogP) is 0.786. The van der Waals surface area contributed by atoms with Crippen LogP contribution in [0.2, 0.25) is 0 Å². The first-order chi connectivity index (χ1) is 18.8. The maximum atomic E-state index is 13.7. The lowest BCUT2D eigenvalue weighted by molar-refractivity contribution is -0.147. The smallest absolute Gasteiger partial charge is 0.245 e. The Morgan fingerprint density at radius 3 is 2.54 bits per heavy atom. The molecule has 12 heteroatoms. The van der Waals surface area contributed by atoms with Crippen molar-refractivity contribution in [2.75, 3.05) is 25.4 Å². The van der Waals surface area contributed by atoms with Crippen LogP contribution in [0.1, 0.15) is 77.0 Å². The second-order valence-electron chi connectivity index (χ2n) is 11.7. The van der Waals surface area contributed by atoms with Gasteiger partial charge in [-0.3, -0.25) is 19.8 Å². The number of rotatable bonds is 11. The minimum Gasteiger partial charge on any atom is -0.370 e. The van der Waals surface area contributed by atoms with Gasteiger partial charge in [-0.1, -0.05) is 32.1 Å². The van der Waals surface area contributed by atoms with E-state index in [9.17, 15) is 14.4 Å². The summed E-state index contributed by atoms with van der Waals surface area (Å²) in [5.41, 5.74) is 11.5. The van der Waals surface area contributed by atoms with Crippen molar-refractivity contribution in [1.29, 1.82) is 5.41 Å². The number of carbonyl (C=O) groups excluding carboxylic acids is 3. The van der Waals surface area contributed by atoms with Crippen molar-refractivity contribution in [3.05, 3.63) is 0 Å². The van der Waals surface area contributed by atoms with Crippen LogP contribution in [-0.4, -0.2) is 77.6 Å². The van der Waals surface area contributed by atoms with Crippen LogP contribution >= 0.6 is 11.8 Å². The van der Waals surface area contributed by atoms with Crippen LogP contribution in [-0.2, 0) is 14.4 Å². The van der Waals surface area contributed by atoms with Crippen molar-refractivity contribution < 1.29 is 14.4 Å². The third-order valence-electron chi connectivity index (χ3n) is 8.90. The minimum absolute atomic E-state index is 0.0220. The Labute approximate surface area is 236 Å². The van der Waals surface area contributed by atoms with Crippen LogP contribution < -0.4 is 32.7 Å². The molecular formula is C27H48N8O3S. The summed E-state index contributed by atoms with van der Waals surface area (Å²) in [4.78, 5) is 42.1. The number of nitrogens with zero attached hydrogens (tertiary/aromatic N) is 1. The van der Waals surface area contributed by atoms with Crippen molar-refractivity contribution >= 4 is 35.4 Å². The minimum atomic E-state index is -0.726. The van der Waals surface area contributed by atoms with Crippen molar-refractivity contribution in [3.63, 3.8) is 0 Å². The fourth-order valence-electron chi connectivity index (χ4n) is 6.64. The number of nitrogens with two attached hydrogens (primary N) is 2. The van der Waals surface area contributed by atoms with Gasteiger partial charge in [0.1, 0.15) is 12.2 Å². The van der Waals surface area contributed by atoms with Crippen LogP contribution in [0, 0.1) is 23.2 Å². The molecule has 3 amide bonds. The summed E-state index contributed by atoms with van der Waals surface area (Å²) in [6, 6.07) is -1.23.